The van der Waals surface area contributed by atoms with Crippen molar-refractivity contribution in [2.75, 3.05) is 20.2 Å². The summed E-state index contributed by atoms with van der Waals surface area (Å²) in [5, 5.41) is 12.4. The standard InChI is InChI=1S/C20H25FN4O2S/c1-11-4-5-13(8-14(11)21)15-6-7-16(23-15)19(27)24-17(9-22)20-25(3)12(2)18(10-26)28-20/h4-8,17,20,23,26H,9-10,22H2,1-3H3,(H,24,27). The Morgan fingerprint density at radius 3 is 2.75 bits per heavy atom. The number of H-pyrrole nitrogens is 1. The summed E-state index contributed by atoms with van der Waals surface area (Å²) in [4.78, 5) is 18.7. The zero-order valence-electron chi connectivity index (χ0n) is 16.1. The molecule has 1 amide bonds. The number of carbonyl (C=O) groups excluding carboxylic acids is 1. The van der Waals surface area contributed by atoms with E-state index in [1.807, 2.05) is 24.9 Å². The second-order valence-corrected chi connectivity index (χ2v) is 8.06. The number of thioether (sulfide) groups is 1. The van der Waals surface area contributed by atoms with E-state index in [1.54, 1.807) is 25.1 Å². The van der Waals surface area contributed by atoms with Crippen molar-refractivity contribution in [1.29, 1.82) is 0 Å². The number of allylic oxidation sites excluding steroid dienone is 1. The monoisotopic (exact) mass is 404 g/mol. The molecule has 0 saturated heterocycles. The molecule has 0 radical (unpaired) electrons. The molecule has 2 aromatic rings. The Hall–Kier alpha value is -2.29. The van der Waals surface area contributed by atoms with Gasteiger partial charge in [-0.2, -0.15) is 0 Å². The number of halogens is 1. The Bertz CT molecular complexity index is 911. The summed E-state index contributed by atoms with van der Waals surface area (Å²) in [6.45, 7) is 3.87. The number of aliphatic hydroxyl groups excluding tert-OH is 1. The molecule has 8 heteroatoms. The summed E-state index contributed by atoms with van der Waals surface area (Å²) in [7, 11) is 1.92. The number of likely N-dealkylation sites (N-methyl/N-ethyl adjacent to an activating group) is 1. The zero-order chi connectivity index (χ0) is 20.4. The number of rotatable bonds is 6. The Morgan fingerprint density at radius 2 is 2.14 bits per heavy atom. The minimum Gasteiger partial charge on any atom is -0.391 e. The lowest BCUT2D eigenvalue weighted by molar-refractivity contribution is 0.0924. The van der Waals surface area contributed by atoms with Gasteiger partial charge < -0.3 is 26.0 Å². The zero-order valence-corrected chi connectivity index (χ0v) is 16.9. The maximum absolute atomic E-state index is 13.8. The predicted molar refractivity (Wildman–Crippen MR) is 110 cm³/mol. The summed E-state index contributed by atoms with van der Waals surface area (Å²) in [6, 6.07) is 8.08. The summed E-state index contributed by atoms with van der Waals surface area (Å²) in [5.41, 5.74) is 9.19. The maximum Gasteiger partial charge on any atom is 0.268 e. The number of amides is 1. The van der Waals surface area contributed by atoms with E-state index >= 15 is 0 Å². The number of aliphatic hydroxyl groups is 1. The van der Waals surface area contributed by atoms with Crippen LogP contribution < -0.4 is 11.1 Å². The minimum absolute atomic E-state index is 0.0321. The topological polar surface area (TPSA) is 94.4 Å². The molecular formula is C20H25FN4O2S. The highest BCUT2D eigenvalue weighted by atomic mass is 32.2. The van der Waals surface area contributed by atoms with Gasteiger partial charge in [-0.3, -0.25) is 4.79 Å². The Labute approximate surface area is 168 Å². The number of hydrogen-bond acceptors (Lipinski definition) is 5. The molecule has 0 saturated carbocycles. The van der Waals surface area contributed by atoms with Gasteiger partial charge in [0.05, 0.1) is 12.6 Å². The molecule has 1 aliphatic rings. The summed E-state index contributed by atoms with van der Waals surface area (Å²) >= 11 is 1.51. The first kappa shape index (κ1) is 20.4. The van der Waals surface area contributed by atoms with Gasteiger partial charge in [0.25, 0.3) is 5.91 Å². The van der Waals surface area contributed by atoms with E-state index in [4.69, 9.17) is 5.73 Å². The van der Waals surface area contributed by atoms with Crippen molar-refractivity contribution in [3.8, 4) is 11.3 Å². The summed E-state index contributed by atoms with van der Waals surface area (Å²) in [5.74, 6) is -0.566. The molecule has 0 fully saturated rings. The van der Waals surface area contributed by atoms with Crippen LogP contribution in [0.4, 0.5) is 4.39 Å². The van der Waals surface area contributed by atoms with E-state index in [0.717, 1.165) is 10.6 Å². The predicted octanol–water partition coefficient (Wildman–Crippen LogP) is 2.41. The Morgan fingerprint density at radius 1 is 1.39 bits per heavy atom. The minimum atomic E-state index is -0.301. The van der Waals surface area contributed by atoms with Gasteiger partial charge in [0.15, 0.2) is 0 Å². The van der Waals surface area contributed by atoms with Crippen LogP contribution in [0.2, 0.25) is 0 Å². The van der Waals surface area contributed by atoms with Crippen LogP contribution in [0.15, 0.2) is 40.9 Å². The molecule has 2 atom stereocenters. The lowest BCUT2D eigenvalue weighted by Crippen LogP contribution is -2.51. The molecule has 28 heavy (non-hydrogen) atoms. The maximum atomic E-state index is 13.8. The average Bonchev–Trinajstić information content (AvgIpc) is 3.28. The van der Waals surface area contributed by atoms with E-state index in [0.29, 0.717) is 22.5 Å². The molecule has 0 aliphatic carbocycles. The van der Waals surface area contributed by atoms with Crippen LogP contribution in [-0.2, 0) is 0 Å². The highest BCUT2D eigenvalue weighted by Crippen LogP contribution is 2.37. The summed E-state index contributed by atoms with van der Waals surface area (Å²) < 4.78 is 13.8. The van der Waals surface area contributed by atoms with Crippen LogP contribution >= 0.6 is 11.8 Å². The molecule has 0 bridgehead atoms. The van der Waals surface area contributed by atoms with Crippen molar-refractivity contribution in [2.24, 2.45) is 5.73 Å². The Kier molecular flexibility index (Phi) is 6.12. The fraction of sp³-hybridized carbons (Fsp3) is 0.350. The fourth-order valence-corrected chi connectivity index (χ4v) is 4.49. The van der Waals surface area contributed by atoms with Crippen molar-refractivity contribution in [1.82, 2.24) is 15.2 Å². The van der Waals surface area contributed by atoms with Crippen molar-refractivity contribution >= 4 is 17.7 Å². The number of carbonyl (C=O) groups is 1. The van der Waals surface area contributed by atoms with Crippen molar-refractivity contribution in [3.63, 3.8) is 0 Å². The van der Waals surface area contributed by atoms with Crippen LogP contribution in [0.3, 0.4) is 0 Å². The third kappa shape index (κ3) is 3.94. The lowest BCUT2D eigenvalue weighted by atomic mass is 10.1. The average molecular weight is 405 g/mol. The second kappa shape index (κ2) is 8.38. The largest absolute Gasteiger partial charge is 0.391 e. The van der Waals surface area contributed by atoms with Gasteiger partial charge in [0.1, 0.15) is 16.9 Å². The smallest absolute Gasteiger partial charge is 0.268 e. The summed E-state index contributed by atoms with van der Waals surface area (Å²) in [6.07, 6.45) is 0. The molecule has 6 nitrogen and oxygen atoms in total. The van der Waals surface area contributed by atoms with Gasteiger partial charge in [-0.05, 0) is 37.6 Å². The molecule has 2 unspecified atom stereocenters. The third-order valence-electron chi connectivity index (χ3n) is 5.05. The molecule has 1 aliphatic heterocycles. The fourth-order valence-electron chi connectivity index (χ4n) is 3.15. The second-order valence-electron chi connectivity index (χ2n) is 6.85. The normalized spacial score (nSPS) is 17.9. The van der Waals surface area contributed by atoms with Crippen molar-refractivity contribution in [3.05, 3.63) is 58.0 Å². The van der Waals surface area contributed by atoms with Crippen LogP contribution in [0.5, 0.6) is 0 Å². The first-order valence-electron chi connectivity index (χ1n) is 9.02. The highest BCUT2D eigenvalue weighted by Gasteiger charge is 2.34. The van der Waals surface area contributed by atoms with Crippen LogP contribution in [0.1, 0.15) is 23.0 Å². The molecule has 2 heterocycles. The molecule has 1 aromatic carbocycles. The highest BCUT2D eigenvalue weighted by molar-refractivity contribution is 8.04. The molecule has 150 valence electrons. The number of benzene rings is 1. The van der Waals surface area contributed by atoms with E-state index in [1.165, 1.54) is 17.8 Å². The SMILES string of the molecule is CC1=C(CO)SC(C(CN)NC(=O)c2ccc(-c3ccc(C)c(F)c3)[nH]2)N1C. The number of hydrogen-bond donors (Lipinski definition) is 4. The van der Waals surface area contributed by atoms with Gasteiger partial charge in [-0.25, -0.2) is 4.39 Å². The quantitative estimate of drug-likeness (QED) is 0.593. The van der Waals surface area contributed by atoms with Gasteiger partial charge in [-0.15, -0.1) is 0 Å². The number of aromatic amines is 1. The lowest BCUT2D eigenvalue weighted by Gasteiger charge is -2.30. The first-order valence-corrected chi connectivity index (χ1v) is 9.90. The van der Waals surface area contributed by atoms with Gasteiger partial charge in [-0.1, -0.05) is 23.9 Å². The van der Waals surface area contributed by atoms with Gasteiger partial charge >= 0.3 is 0 Å². The van der Waals surface area contributed by atoms with Crippen LogP contribution in [0, 0.1) is 12.7 Å². The number of aryl methyl sites for hydroxylation is 1. The molecular weight excluding hydrogens is 379 g/mol. The Balaban J connectivity index is 1.72. The molecule has 0 spiro atoms. The molecule has 1 aromatic heterocycles. The number of nitrogens with one attached hydrogen (secondary N) is 2. The van der Waals surface area contributed by atoms with Crippen molar-refractivity contribution < 1.29 is 14.3 Å². The first-order chi connectivity index (χ1) is 13.3. The van der Waals surface area contributed by atoms with E-state index in [-0.39, 0.29) is 36.3 Å². The molecule has 3 rings (SSSR count). The number of nitrogens with two attached hydrogens (primary N) is 1. The third-order valence-corrected chi connectivity index (χ3v) is 6.64. The van der Waals surface area contributed by atoms with Crippen LogP contribution in [-0.4, -0.2) is 52.5 Å². The van der Waals surface area contributed by atoms with Crippen LogP contribution in [0.25, 0.3) is 11.3 Å². The number of nitrogens with zero attached hydrogens (tertiary/aromatic N) is 1. The number of aromatic nitrogens is 1. The van der Waals surface area contributed by atoms with Crippen molar-refractivity contribution in [2.45, 2.75) is 25.3 Å². The van der Waals surface area contributed by atoms with Gasteiger partial charge in [0, 0.05) is 35.5 Å². The molecule has 5 N–H and O–H groups in total. The van der Waals surface area contributed by atoms with E-state index in [9.17, 15) is 14.3 Å². The van der Waals surface area contributed by atoms with E-state index < -0.39 is 0 Å². The van der Waals surface area contributed by atoms with Gasteiger partial charge in [0.2, 0.25) is 0 Å². The van der Waals surface area contributed by atoms with E-state index in [2.05, 4.69) is 10.3 Å².